The number of benzene rings is 1. The normalized spacial score (nSPS) is 14.4. The lowest BCUT2D eigenvalue weighted by Crippen LogP contribution is -2.15. The summed E-state index contributed by atoms with van der Waals surface area (Å²) in [6.45, 7) is 0.991. The Hall–Kier alpha value is -2.31. The van der Waals surface area contributed by atoms with Crippen molar-refractivity contribution in [3.8, 4) is 17.6 Å². The molecule has 1 aromatic carbocycles. The van der Waals surface area contributed by atoms with Gasteiger partial charge in [0.05, 0.1) is 6.07 Å². The predicted molar refractivity (Wildman–Crippen MR) is 53.9 cm³/mol. The zero-order valence-corrected chi connectivity index (χ0v) is 8.34. The summed E-state index contributed by atoms with van der Waals surface area (Å²) in [6.07, 6.45) is 1.38. The van der Waals surface area contributed by atoms with Gasteiger partial charge < -0.3 is 9.47 Å². The number of fused-ring (bicyclic) bond motifs is 1. The molecule has 0 radical (unpaired) electrons. The van der Waals surface area contributed by atoms with Crippen LogP contribution >= 0.6 is 0 Å². The Morgan fingerprint density at radius 3 is 2.75 bits per heavy atom. The minimum atomic E-state index is -0.840. The van der Waals surface area contributed by atoms with Crippen molar-refractivity contribution in [2.45, 2.75) is 6.04 Å². The van der Waals surface area contributed by atoms with Gasteiger partial charge in [-0.3, -0.25) is 0 Å². The average Bonchev–Trinajstić information content (AvgIpc) is 2.35. The van der Waals surface area contributed by atoms with Crippen molar-refractivity contribution < 1.29 is 14.3 Å². The van der Waals surface area contributed by atoms with Crippen LogP contribution in [0, 0.1) is 11.3 Å². The third-order valence-electron chi connectivity index (χ3n) is 2.19. The van der Waals surface area contributed by atoms with Gasteiger partial charge in [-0.2, -0.15) is 10.3 Å². The van der Waals surface area contributed by atoms with Gasteiger partial charge in [-0.1, -0.05) is 6.07 Å². The molecule has 0 N–H and O–H groups in total. The van der Waals surface area contributed by atoms with Gasteiger partial charge in [-0.25, -0.2) is 4.79 Å². The fourth-order valence-electron chi connectivity index (χ4n) is 1.46. The Balaban J connectivity index is 2.36. The maximum Gasteiger partial charge on any atom is 0.236 e. The van der Waals surface area contributed by atoms with Crippen LogP contribution in [-0.2, 0) is 4.79 Å². The highest BCUT2D eigenvalue weighted by Crippen LogP contribution is 2.33. The molecule has 0 spiro atoms. The van der Waals surface area contributed by atoms with E-state index in [4.69, 9.17) is 14.7 Å². The van der Waals surface area contributed by atoms with Crippen molar-refractivity contribution in [1.82, 2.24) is 0 Å². The molecule has 1 aliphatic rings. The summed E-state index contributed by atoms with van der Waals surface area (Å²) in [5.41, 5.74) is 0.593. The molecule has 5 heteroatoms. The lowest BCUT2D eigenvalue weighted by atomic mass is 10.1. The van der Waals surface area contributed by atoms with Crippen molar-refractivity contribution in [2.24, 2.45) is 4.99 Å². The molecular formula is C11H8N2O3. The van der Waals surface area contributed by atoms with Crippen LogP contribution < -0.4 is 9.47 Å². The monoisotopic (exact) mass is 216 g/mol. The van der Waals surface area contributed by atoms with E-state index in [-0.39, 0.29) is 0 Å². The Morgan fingerprint density at radius 1 is 1.31 bits per heavy atom. The average molecular weight is 216 g/mol. The van der Waals surface area contributed by atoms with E-state index in [0.29, 0.717) is 30.3 Å². The zero-order chi connectivity index (χ0) is 11.4. The van der Waals surface area contributed by atoms with Crippen LogP contribution in [0.1, 0.15) is 11.6 Å². The number of hydrogen-bond donors (Lipinski definition) is 0. The standard InChI is InChI=1S/C11H8N2O3/c12-6-9(13-7-14)8-1-2-10-11(5-8)16-4-3-15-10/h1-2,5,9H,3-4H2. The number of ether oxygens (including phenoxy) is 2. The maximum absolute atomic E-state index is 10.1. The van der Waals surface area contributed by atoms with Crippen molar-refractivity contribution in [3.05, 3.63) is 23.8 Å². The molecule has 2 rings (SSSR count). The molecule has 80 valence electrons. The van der Waals surface area contributed by atoms with Gasteiger partial charge in [0, 0.05) is 0 Å². The molecule has 0 saturated carbocycles. The van der Waals surface area contributed by atoms with E-state index in [1.807, 2.05) is 6.07 Å². The van der Waals surface area contributed by atoms with E-state index < -0.39 is 6.04 Å². The van der Waals surface area contributed by atoms with Gasteiger partial charge in [0.1, 0.15) is 13.2 Å². The van der Waals surface area contributed by atoms with Crippen molar-refractivity contribution >= 4 is 6.08 Å². The summed E-state index contributed by atoms with van der Waals surface area (Å²) in [7, 11) is 0. The smallest absolute Gasteiger partial charge is 0.236 e. The summed E-state index contributed by atoms with van der Waals surface area (Å²) in [5, 5.41) is 8.82. The van der Waals surface area contributed by atoms with Crippen LogP contribution in [0.25, 0.3) is 0 Å². The molecule has 1 heterocycles. The third kappa shape index (κ3) is 1.88. The highest BCUT2D eigenvalue weighted by molar-refractivity contribution is 5.47. The Kier molecular flexibility index (Phi) is 2.86. The van der Waals surface area contributed by atoms with Crippen LogP contribution in [0.3, 0.4) is 0 Å². The minimum Gasteiger partial charge on any atom is -0.486 e. The summed E-state index contributed by atoms with van der Waals surface area (Å²) in [5.74, 6) is 1.21. The molecule has 1 aliphatic heterocycles. The van der Waals surface area contributed by atoms with Crippen LogP contribution in [0.2, 0.25) is 0 Å². The number of hydrogen-bond acceptors (Lipinski definition) is 5. The topological polar surface area (TPSA) is 71.7 Å². The number of nitriles is 1. The van der Waals surface area contributed by atoms with Crippen LogP contribution in [-0.4, -0.2) is 19.3 Å². The molecular weight excluding hydrogens is 208 g/mol. The van der Waals surface area contributed by atoms with Gasteiger partial charge in [0.2, 0.25) is 6.08 Å². The summed E-state index contributed by atoms with van der Waals surface area (Å²) in [4.78, 5) is 13.5. The molecule has 16 heavy (non-hydrogen) atoms. The number of carbonyl (C=O) groups excluding carboxylic acids is 1. The largest absolute Gasteiger partial charge is 0.486 e. The lowest BCUT2D eigenvalue weighted by molar-refractivity contribution is 0.171. The molecule has 0 saturated heterocycles. The Morgan fingerprint density at radius 2 is 2.06 bits per heavy atom. The first-order chi connectivity index (χ1) is 7.85. The quantitative estimate of drug-likeness (QED) is 0.552. The first-order valence-electron chi connectivity index (χ1n) is 4.71. The van der Waals surface area contributed by atoms with Crippen molar-refractivity contribution in [2.75, 3.05) is 13.2 Å². The highest BCUT2D eigenvalue weighted by atomic mass is 16.6. The Bertz CT molecular complexity index is 486. The molecule has 1 aromatic rings. The summed E-state index contributed by atoms with van der Waals surface area (Å²) >= 11 is 0. The number of isocyanates is 1. The second-order valence-electron chi connectivity index (χ2n) is 3.16. The SMILES string of the molecule is N#CC(N=C=O)c1ccc2c(c1)OCCO2. The highest BCUT2D eigenvalue weighted by Gasteiger charge is 2.15. The second-order valence-corrected chi connectivity index (χ2v) is 3.16. The Labute approximate surface area is 91.9 Å². The fourth-order valence-corrected chi connectivity index (χ4v) is 1.46. The number of aliphatic imine (C=N–C) groups is 1. The first kappa shape index (κ1) is 10.2. The first-order valence-corrected chi connectivity index (χ1v) is 4.71. The maximum atomic E-state index is 10.1. The van der Waals surface area contributed by atoms with Gasteiger partial charge >= 0.3 is 0 Å². The number of rotatable bonds is 2. The molecule has 0 bridgehead atoms. The van der Waals surface area contributed by atoms with E-state index in [2.05, 4.69) is 4.99 Å². The molecule has 1 atom stereocenters. The summed E-state index contributed by atoms with van der Waals surface area (Å²) < 4.78 is 10.7. The van der Waals surface area contributed by atoms with Crippen LogP contribution in [0.5, 0.6) is 11.5 Å². The molecule has 0 fully saturated rings. The molecule has 1 unspecified atom stereocenters. The molecule has 5 nitrogen and oxygen atoms in total. The minimum absolute atomic E-state index is 0.477. The predicted octanol–water partition coefficient (Wildman–Crippen LogP) is 1.36. The molecule has 0 aliphatic carbocycles. The van der Waals surface area contributed by atoms with E-state index in [1.54, 1.807) is 18.2 Å². The summed E-state index contributed by atoms with van der Waals surface area (Å²) in [6, 6.07) is 6.10. The lowest BCUT2D eigenvalue weighted by Gasteiger charge is -2.19. The van der Waals surface area contributed by atoms with Crippen molar-refractivity contribution in [1.29, 1.82) is 5.26 Å². The van der Waals surface area contributed by atoms with Gasteiger partial charge in [-0.05, 0) is 17.7 Å². The molecule has 0 amide bonds. The third-order valence-corrected chi connectivity index (χ3v) is 2.19. The van der Waals surface area contributed by atoms with E-state index >= 15 is 0 Å². The van der Waals surface area contributed by atoms with Crippen LogP contribution in [0.4, 0.5) is 0 Å². The number of nitrogens with zero attached hydrogens (tertiary/aromatic N) is 2. The van der Waals surface area contributed by atoms with E-state index in [9.17, 15) is 4.79 Å². The fraction of sp³-hybridized carbons (Fsp3) is 0.273. The van der Waals surface area contributed by atoms with E-state index in [0.717, 1.165) is 0 Å². The van der Waals surface area contributed by atoms with Gasteiger partial charge in [-0.15, -0.1) is 0 Å². The zero-order valence-electron chi connectivity index (χ0n) is 8.34. The van der Waals surface area contributed by atoms with Crippen molar-refractivity contribution in [3.63, 3.8) is 0 Å². The molecule has 0 aromatic heterocycles. The van der Waals surface area contributed by atoms with E-state index in [1.165, 1.54) is 6.08 Å². The van der Waals surface area contributed by atoms with Gasteiger partial charge in [0.25, 0.3) is 0 Å². The second kappa shape index (κ2) is 4.47. The van der Waals surface area contributed by atoms with Crippen LogP contribution in [0.15, 0.2) is 23.2 Å². The van der Waals surface area contributed by atoms with Gasteiger partial charge in [0.15, 0.2) is 17.5 Å².